The smallest absolute Gasteiger partial charge is 0.261 e. The van der Waals surface area contributed by atoms with Crippen LogP contribution in [0, 0.1) is 0 Å². The summed E-state index contributed by atoms with van der Waals surface area (Å²) in [6.07, 6.45) is 13.5. The Hall–Kier alpha value is -1.50. The van der Waals surface area contributed by atoms with Gasteiger partial charge in [0, 0.05) is 6.61 Å². The molecule has 4 nitrogen and oxygen atoms in total. The zero-order valence-electron chi connectivity index (χ0n) is 25.4. The van der Waals surface area contributed by atoms with Gasteiger partial charge in [-0.3, -0.25) is 0 Å². The molecule has 2 aromatic carbocycles. The van der Waals surface area contributed by atoms with Gasteiger partial charge in [-0.2, -0.15) is 0 Å². The average Bonchev–Trinajstić information content (AvgIpc) is 2.94. The third kappa shape index (κ3) is 12.7. The molecule has 0 aliphatic rings. The van der Waals surface area contributed by atoms with Crippen LogP contribution >= 0.6 is 0 Å². The van der Waals surface area contributed by atoms with E-state index in [9.17, 15) is 0 Å². The molecule has 0 saturated carbocycles. The predicted octanol–water partition coefficient (Wildman–Crippen LogP) is 7.53. The molecule has 0 unspecified atom stereocenters. The Morgan fingerprint density at radius 3 is 1.31 bits per heavy atom. The number of unbranched alkanes of at least 4 members (excludes halogenated alkanes) is 9. The van der Waals surface area contributed by atoms with E-state index in [1.54, 1.807) is 0 Å². The molecule has 0 fully saturated rings. The zero-order chi connectivity index (χ0) is 28.1. The van der Waals surface area contributed by atoms with Crippen LogP contribution in [0.25, 0.3) is 0 Å². The molecule has 2 aromatic rings. The van der Waals surface area contributed by atoms with Gasteiger partial charge in [0.25, 0.3) is 8.32 Å². The summed E-state index contributed by atoms with van der Waals surface area (Å²) < 4.78 is 24.1. The molecule has 0 aromatic heterocycles. The number of ether oxygens (including phenoxy) is 3. The molecule has 0 bridgehead atoms. The molecular formula is C34H56O4Si. The first-order valence-electron chi connectivity index (χ1n) is 15.5. The Bertz CT molecular complexity index is 783. The molecule has 0 aliphatic heterocycles. The van der Waals surface area contributed by atoms with Crippen LogP contribution in [0.3, 0.4) is 0 Å². The van der Waals surface area contributed by atoms with Gasteiger partial charge in [-0.1, -0.05) is 146 Å². The van der Waals surface area contributed by atoms with Gasteiger partial charge in [0.2, 0.25) is 0 Å². The van der Waals surface area contributed by atoms with Gasteiger partial charge in [-0.25, -0.2) is 0 Å². The van der Waals surface area contributed by atoms with Crippen molar-refractivity contribution in [3.05, 3.63) is 60.7 Å². The molecule has 0 N–H and O–H groups in total. The minimum absolute atomic E-state index is 0.0211. The van der Waals surface area contributed by atoms with Crippen LogP contribution in [0.2, 0.25) is 5.04 Å². The lowest BCUT2D eigenvalue weighted by atomic mass is 10.1. The SMILES string of the molecule is CCCCCCCCCCCCOCCOCCOCCO[Si](c1ccccc1)(c1ccccc1)C(C)(C)C. The number of hydrogen-bond donors (Lipinski definition) is 0. The maximum Gasteiger partial charge on any atom is 0.261 e. The first-order valence-corrected chi connectivity index (χ1v) is 17.4. The summed E-state index contributed by atoms with van der Waals surface area (Å²) >= 11 is 0. The quantitative estimate of drug-likeness (QED) is 0.105. The summed E-state index contributed by atoms with van der Waals surface area (Å²) in [7, 11) is -2.49. The molecule has 0 aliphatic carbocycles. The highest BCUT2D eigenvalue weighted by molar-refractivity contribution is 6.99. The lowest BCUT2D eigenvalue weighted by Crippen LogP contribution is -2.66. The second-order valence-electron chi connectivity index (χ2n) is 11.5. The summed E-state index contributed by atoms with van der Waals surface area (Å²) in [6.45, 7) is 13.6. The van der Waals surface area contributed by atoms with Crippen LogP contribution in [0.1, 0.15) is 91.9 Å². The summed E-state index contributed by atoms with van der Waals surface area (Å²) in [5.74, 6) is 0. The van der Waals surface area contributed by atoms with E-state index in [4.69, 9.17) is 18.6 Å². The van der Waals surface area contributed by atoms with E-state index in [1.807, 2.05) is 0 Å². The van der Waals surface area contributed by atoms with Gasteiger partial charge in [0.15, 0.2) is 0 Å². The van der Waals surface area contributed by atoms with Crippen LogP contribution in [-0.4, -0.2) is 54.6 Å². The number of benzene rings is 2. The second kappa shape index (κ2) is 20.4. The minimum Gasteiger partial charge on any atom is -0.405 e. The van der Waals surface area contributed by atoms with Crippen molar-refractivity contribution in [1.82, 2.24) is 0 Å². The lowest BCUT2D eigenvalue weighted by Gasteiger charge is -2.43. The van der Waals surface area contributed by atoms with E-state index in [0.29, 0.717) is 39.6 Å². The fraction of sp³-hybridized carbons (Fsp3) is 0.647. The Morgan fingerprint density at radius 1 is 0.487 bits per heavy atom. The molecule has 39 heavy (non-hydrogen) atoms. The highest BCUT2D eigenvalue weighted by Crippen LogP contribution is 2.36. The fourth-order valence-corrected chi connectivity index (χ4v) is 9.79. The van der Waals surface area contributed by atoms with Crippen LogP contribution in [-0.2, 0) is 18.6 Å². The van der Waals surface area contributed by atoms with E-state index in [0.717, 1.165) is 13.0 Å². The van der Waals surface area contributed by atoms with Crippen LogP contribution in [0.4, 0.5) is 0 Å². The molecule has 0 atom stereocenters. The van der Waals surface area contributed by atoms with E-state index < -0.39 is 8.32 Å². The van der Waals surface area contributed by atoms with Crippen molar-refractivity contribution >= 4 is 18.7 Å². The van der Waals surface area contributed by atoms with Crippen molar-refractivity contribution in [3.63, 3.8) is 0 Å². The summed E-state index contributed by atoms with van der Waals surface area (Å²) in [6, 6.07) is 21.5. The first-order chi connectivity index (χ1) is 19.0. The Balaban J connectivity index is 1.55. The molecule has 0 radical (unpaired) electrons. The van der Waals surface area contributed by atoms with Crippen molar-refractivity contribution in [1.29, 1.82) is 0 Å². The summed E-state index contributed by atoms with van der Waals surface area (Å²) in [4.78, 5) is 0. The number of hydrogen-bond acceptors (Lipinski definition) is 4. The average molecular weight is 557 g/mol. The summed E-state index contributed by atoms with van der Waals surface area (Å²) in [5, 5.41) is 2.57. The Kier molecular flexibility index (Phi) is 17.6. The van der Waals surface area contributed by atoms with Crippen molar-refractivity contribution in [2.75, 3.05) is 46.2 Å². The van der Waals surface area contributed by atoms with E-state index in [2.05, 4.69) is 88.4 Å². The van der Waals surface area contributed by atoms with Gasteiger partial charge in [0.05, 0.1) is 39.6 Å². The molecule has 0 saturated heterocycles. The van der Waals surface area contributed by atoms with Crippen molar-refractivity contribution in [3.8, 4) is 0 Å². The number of rotatable bonds is 23. The lowest BCUT2D eigenvalue weighted by molar-refractivity contribution is 0.00822. The highest BCUT2D eigenvalue weighted by Gasteiger charge is 2.49. The van der Waals surface area contributed by atoms with E-state index in [1.165, 1.54) is 68.2 Å². The molecule has 5 heteroatoms. The molecular weight excluding hydrogens is 500 g/mol. The fourth-order valence-electron chi connectivity index (χ4n) is 5.25. The first kappa shape index (κ1) is 33.7. The van der Waals surface area contributed by atoms with Crippen LogP contribution in [0.15, 0.2) is 60.7 Å². The normalized spacial score (nSPS) is 12.2. The van der Waals surface area contributed by atoms with Crippen molar-refractivity contribution < 1.29 is 18.6 Å². The van der Waals surface area contributed by atoms with E-state index in [-0.39, 0.29) is 5.04 Å². The molecule has 220 valence electrons. The molecule has 0 amide bonds. The Morgan fingerprint density at radius 2 is 0.872 bits per heavy atom. The zero-order valence-corrected chi connectivity index (χ0v) is 26.4. The van der Waals surface area contributed by atoms with Crippen molar-refractivity contribution in [2.24, 2.45) is 0 Å². The molecule has 0 heterocycles. The third-order valence-electron chi connectivity index (χ3n) is 7.35. The summed E-state index contributed by atoms with van der Waals surface area (Å²) in [5.41, 5.74) is 0. The van der Waals surface area contributed by atoms with E-state index >= 15 is 0 Å². The van der Waals surface area contributed by atoms with Crippen molar-refractivity contribution in [2.45, 2.75) is 96.9 Å². The standard InChI is InChI=1S/C34H56O4Si/c1-5-6-7-8-9-10-11-12-13-20-25-35-26-27-36-28-29-37-30-31-38-39(34(2,3)4,32-21-16-14-17-22-32)33-23-18-15-19-24-33/h14-19,21-24H,5-13,20,25-31H2,1-4H3. The highest BCUT2D eigenvalue weighted by atomic mass is 28.4. The van der Waals surface area contributed by atoms with Gasteiger partial charge < -0.3 is 18.6 Å². The van der Waals surface area contributed by atoms with Gasteiger partial charge in [0.1, 0.15) is 0 Å². The monoisotopic (exact) mass is 556 g/mol. The topological polar surface area (TPSA) is 36.9 Å². The second-order valence-corrected chi connectivity index (χ2v) is 15.8. The Labute approximate surface area is 240 Å². The molecule has 0 spiro atoms. The minimum atomic E-state index is -2.49. The van der Waals surface area contributed by atoms with Gasteiger partial charge in [-0.05, 0) is 21.8 Å². The maximum atomic E-state index is 6.85. The van der Waals surface area contributed by atoms with Gasteiger partial charge >= 0.3 is 0 Å². The van der Waals surface area contributed by atoms with Crippen LogP contribution < -0.4 is 10.4 Å². The molecule has 2 rings (SSSR count). The van der Waals surface area contributed by atoms with Crippen LogP contribution in [0.5, 0.6) is 0 Å². The predicted molar refractivity (Wildman–Crippen MR) is 168 cm³/mol. The maximum absolute atomic E-state index is 6.85. The van der Waals surface area contributed by atoms with Gasteiger partial charge in [-0.15, -0.1) is 0 Å². The third-order valence-corrected chi connectivity index (χ3v) is 12.4. The largest absolute Gasteiger partial charge is 0.405 e.